The maximum absolute atomic E-state index is 12.9. The summed E-state index contributed by atoms with van der Waals surface area (Å²) < 4.78 is 0. The van der Waals surface area contributed by atoms with Gasteiger partial charge in [-0.2, -0.15) is 0 Å². The Morgan fingerprint density at radius 1 is 1.12 bits per heavy atom. The fourth-order valence-corrected chi connectivity index (χ4v) is 3.09. The Bertz CT molecular complexity index is 791. The lowest BCUT2D eigenvalue weighted by Crippen LogP contribution is -2.47. The molecule has 0 saturated carbocycles. The summed E-state index contributed by atoms with van der Waals surface area (Å²) in [6.07, 6.45) is 0.100. The standard InChI is InChI=1S/C20H22Cl2N2O2/c1-13-4-6-15(7-5-13)12-24(14(2)20(26)23-3)19(25)10-16-8-9-17(21)11-18(16)22/h4-9,11,14H,10,12H2,1-3H3,(H,23,26). The number of benzene rings is 2. The molecule has 138 valence electrons. The maximum atomic E-state index is 12.9. The first-order chi connectivity index (χ1) is 12.3. The van der Waals surface area contributed by atoms with Gasteiger partial charge in [-0.05, 0) is 37.1 Å². The van der Waals surface area contributed by atoms with Crippen LogP contribution in [0.5, 0.6) is 0 Å². The smallest absolute Gasteiger partial charge is 0.242 e. The Hall–Kier alpha value is -2.04. The van der Waals surface area contributed by atoms with Gasteiger partial charge < -0.3 is 10.2 Å². The number of hydrogen-bond acceptors (Lipinski definition) is 2. The molecule has 0 fully saturated rings. The molecule has 0 spiro atoms. The van der Waals surface area contributed by atoms with E-state index in [9.17, 15) is 9.59 Å². The topological polar surface area (TPSA) is 49.4 Å². The van der Waals surface area contributed by atoms with Crippen LogP contribution in [0, 0.1) is 6.92 Å². The highest BCUT2D eigenvalue weighted by Crippen LogP contribution is 2.22. The van der Waals surface area contributed by atoms with Crippen LogP contribution >= 0.6 is 23.2 Å². The molecule has 0 radical (unpaired) electrons. The van der Waals surface area contributed by atoms with Crippen molar-refractivity contribution < 1.29 is 9.59 Å². The zero-order chi connectivity index (χ0) is 19.3. The molecule has 0 heterocycles. The molecule has 0 aromatic heterocycles. The number of nitrogens with one attached hydrogen (secondary N) is 1. The van der Waals surface area contributed by atoms with E-state index >= 15 is 0 Å². The van der Waals surface area contributed by atoms with Crippen molar-refractivity contribution in [3.05, 3.63) is 69.2 Å². The van der Waals surface area contributed by atoms with Crippen molar-refractivity contribution in [1.29, 1.82) is 0 Å². The van der Waals surface area contributed by atoms with Gasteiger partial charge >= 0.3 is 0 Å². The molecule has 1 unspecified atom stereocenters. The molecule has 2 aromatic rings. The number of halogens is 2. The van der Waals surface area contributed by atoms with Gasteiger partial charge in [-0.3, -0.25) is 9.59 Å². The van der Waals surface area contributed by atoms with Gasteiger partial charge in [0.1, 0.15) is 6.04 Å². The molecule has 0 bridgehead atoms. The van der Waals surface area contributed by atoms with E-state index in [1.165, 1.54) is 0 Å². The molecule has 26 heavy (non-hydrogen) atoms. The normalized spacial score (nSPS) is 11.7. The molecule has 0 aliphatic rings. The van der Waals surface area contributed by atoms with Crippen LogP contribution in [0.4, 0.5) is 0 Å². The first-order valence-electron chi connectivity index (χ1n) is 8.32. The number of carbonyl (C=O) groups is 2. The SMILES string of the molecule is CNC(=O)C(C)N(Cc1ccc(C)cc1)C(=O)Cc1ccc(Cl)cc1Cl. The van der Waals surface area contributed by atoms with Crippen LogP contribution in [0.2, 0.25) is 10.0 Å². The molecule has 2 aromatic carbocycles. The fourth-order valence-electron chi connectivity index (χ4n) is 2.61. The number of nitrogens with zero attached hydrogens (tertiary/aromatic N) is 1. The van der Waals surface area contributed by atoms with E-state index in [1.54, 1.807) is 37.1 Å². The summed E-state index contributed by atoms with van der Waals surface area (Å²) >= 11 is 12.1. The number of carbonyl (C=O) groups excluding carboxylic acids is 2. The van der Waals surface area contributed by atoms with Gasteiger partial charge in [0, 0.05) is 23.6 Å². The van der Waals surface area contributed by atoms with Crippen molar-refractivity contribution in [3.63, 3.8) is 0 Å². The van der Waals surface area contributed by atoms with Gasteiger partial charge in [0.2, 0.25) is 11.8 Å². The zero-order valence-electron chi connectivity index (χ0n) is 15.1. The van der Waals surface area contributed by atoms with Crippen LogP contribution in [-0.2, 0) is 22.6 Å². The third kappa shape index (κ3) is 5.23. The molecular formula is C20H22Cl2N2O2. The predicted molar refractivity (Wildman–Crippen MR) is 105 cm³/mol. The van der Waals surface area contributed by atoms with Gasteiger partial charge in [0.05, 0.1) is 6.42 Å². The number of hydrogen-bond donors (Lipinski definition) is 1. The Balaban J connectivity index is 2.25. The quantitative estimate of drug-likeness (QED) is 0.806. The van der Waals surface area contributed by atoms with Crippen LogP contribution in [-0.4, -0.2) is 29.8 Å². The van der Waals surface area contributed by atoms with E-state index in [0.29, 0.717) is 22.2 Å². The van der Waals surface area contributed by atoms with Gasteiger partial charge in [-0.25, -0.2) is 0 Å². The Morgan fingerprint density at radius 3 is 2.35 bits per heavy atom. The Labute approximate surface area is 164 Å². The number of rotatable bonds is 6. The highest BCUT2D eigenvalue weighted by molar-refractivity contribution is 6.35. The average molecular weight is 393 g/mol. The van der Waals surface area contributed by atoms with Crippen molar-refractivity contribution in [2.75, 3.05) is 7.05 Å². The molecule has 0 saturated heterocycles. The van der Waals surface area contributed by atoms with Crippen molar-refractivity contribution in [1.82, 2.24) is 10.2 Å². The summed E-state index contributed by atoms with van der Waals surface area (Å²) in [5.41, 5.74) is 2.78. The summed E-state index contributed by atoms with van der Waals surface area (Å²) in [6.45, 7) is 4.07. The van der Waals surface area contributed by atoms with Crippen LogP contribution in [0.1, 0.15) is 23.6 Å². The minimum Gasteiger partial charge on any atom is -0.357 e. The van der Waals surface area contributed by atoms with Crippen molar-refractivity contribution in [2.24, 2.45) is 0 Å². The van der Waals surface area contributed by atoms with Crippen molar-refractivity contribution >= 4 is 35.0 Å². The summed E-state index contributed by atoms with van der Waals surface area (Å²) in [7, 11) is 1.56. The highest BCUT2D eigenvalue weighted by atomic mass is 35.5. The van der Waals surface area contributed by atoms with Crippen LogP contribution in [0.15, 0.2) is 42.5 Å². The second-order valence-electron chi connectivity index (χ2n) is 6.21. The molecule has 2 amide bonds. The number of aryl methyl sites for hydroxylation is 1. The second-order valence-corrected chi connectivity index (χ2v) is 7.05. The van der Waals surface area contributed by atoms with Crippen LogP contribution < -0.4 is 5.32 Å². The van der Waals surface area contributed by atoms with E-state index in [0.717, 1.165) is 11.1 Å². The third-order valence-electron chi connectivity index (χ3n) is 4.24. The lowest BCUT2D eigenvalue weighted by atomic mass is 10.1. The summed E-state index contributed by atoms with van der Waals surface area (Å²) in [5.74, 6) is -0.390. The third-order valence-corrected chi connectivity index (χ3v) is 4.83. The van der Waals surface area contributed by atoms with E-state index in [-0.39, 0.29) is 18.2 Å². The molecule has 1 atom stereocenters. The second kappa shape index (κ2) is 9.06. The lowest BCUT2D eigenvalue weighted by Gasteiger charge is -2.28. The van der Waals surface area contributed by atoms with Crippen molar-refractivity contribution in [2.45, 2.75) is 32.9 Å². The van der Waals surface area contributed by atoms with Gasteiger partial charge in [0.15, 0.2) is 0 Å². The van der Waals surface area contributed by atoms with Gasteiger partial charge in [-0.1, -0.05) is 59.1 Å². The molecule has 2 rings (SSSR count). The summed E-state index contributed by atoms with van der Waals surface area (Å²) in [4.78, 5) is 26.6. The summed E-state index contributed by atoms with van der Waals surface area (Å²) in [5, 5.41) is 3.56. The van der Waals surface area contributed by atoms with Crippen molar-refractivity contribution in [3.8, 4) is 0 Å². The molecular weight excluding hydrogens is 371 g/mol. The monoisotopic (exact) mass is 392 g/mol. The van der Waals surface area contributed by atoms with E-state index in [1.807, 2.05) is 31.2 Å². The molecule has 0 aliphatic carbocycles. The fraction of sp³-hybridized carbons (Fsp3) is 0.300. The zero-order valence-corrected chi connectivity index (χ0v) is 16.6. The predicted octanol–water partition coefficient (Wildman–Crippen LogP) is 4.01. The van der Waals surface area contributed by atoms with E-state index in [4.69, 9.17) is 23.2 Å². The Kier molecular flexibility index (Phi) is 7.06. The van der Waals surface area contributed by atoms with Crippen LogP contribution in [0.25, 0.3) is 0 Å². The highest BCUT2D eigenvalue weighted by Gasteiger charge is 2.26. The maximum Gasteiger partial charge on any atom is 0.242 e. The molecule has 1 N–H and O–H groups in total. The van der Waals surface area contributed by atoms with E-state index < -0.39 is 6.04 Å². The molecule has 4 nitrogen and oxygen atoms in total. The summed E-state index contributed by atoms with van der Waals surface area (Å²) in [6, 6.07) is 12.3. The largest absolute Gasteiger partial charge is 0.357 e. The Morgan fingerprint density at radius 2 is 1.77 bits per heavy atom. The lowest BCUT2D eigenvalue weighted by molar-refractivity contribution is -0.139. The number of amides is 2. The molecule has 0 aliphatic heterocycles. The van der Waals surface area contributed by atoms with Gasteiger partial charge in [-0.15, -0.1) is 0 Å². The first kappa shape index (κ1) is 20.3. The average Bonchev–Trinajstić information content (AvgIpc) is 2.62. The molecule has 6 heteroatoms. The minimum atomic E-state index is -0.597. The van der Waals surface area contributed by atoms with Crippen LogP contribution in [0.3, 0.4) is 0 Å². The minimum absolute atomic E-state index is 0.100. The first-order valence-corrected chi connectivity index (χ1v) is 9.08. The number of likely N-dealkylation sites (N-methyl/N-ethyl adjacent to an activating group) is 1. The van der Waals surface area contributed by atoms with E-state index in [2.05, 4.69) is 5.32 Å². The van der Waals surface area contributed by atoms with Gasteiger partial charge in [0.25, 0.3) is 0 Å².